The summed E-state index contributed by atoms with van der Waals surface area (Å²) in [5.41, 5.74) is 11.8. The quantitative estimate of drug-likeness (QED) is 0.735. The standard InChI is InChI=1S/C13H21N5O2S/c14-8-3-4-18(6-8)13-17-11(15)10(21-13)12(19)16-9-2-1-5-20-7-9/h8-9H,1-7,14-15H2,(H,16,19). The van der Waals surface area contributed by atoms with E-state index in [0.29, 0.717) is 17.3 Å². The van der Waals surface area contributed by atoms with Crippen molar-refractivity contribution in [1.29, 1.82) is 0 Å². The molecule has 0 aliphatic carbocycles. The highest BCUT2D eigenvalue weighted by Crippen LogP contribution is 2.30. The zero-order valence-electron chi connectivity index (χ0n) is 11.9. The van der Waals surface area contributed by atoms with Gasteiger partial charge in [0.05, 0.1) is 12.6 Å². The zero-order valence-corrected chi connectivity index (χ0v) is 12.7. The maximum atomic E-state index is 12.3. The fraction of sp³-hybridized carbons (Fsp3) is 0.692. The van der Waals surface area contributed by atoms with Crippen LogP contribution in [0.4, 0.5) is 10.9 Å². The number of nitrogens with zero attached hydrogens (tertiary/aromatic N) is 2. The van der Waals surface area contributed by atoms with E-state index in [2.05, 4.69) is 15.2 Å². The number of nitrogen functional groups attached to an aromatic ring is 1. The first-order valence-electron chi connectivity index (χ1n) is 7.29. The second kappa shape index (κ2) is 6.17. The molecule has 1 aromatic rings. The van der Waals surface area contributed by atoms with Gasteiger partial charge in [0, 0.05) is 25.7 Å². The largest absolute Gasteiger partial charge is 0.382 e. The van der Waals surface area contributed by atoms with E-state index in [1.165, 1.54) is 11.3 Å². The van der Waals surface area contributed by atoms with Gasteiger partial charge in [-0.15, -0.1) is 0 Å². The highest BCUT2D eigenvalue weighted by molar-refractivity contribution is 7.18. The van der Waals surface area contributed by atoms with Crippen molar-refractivity contribution in [3.8, 4) is 0 Å². The molecule has 3 rings (SSSR count). The Bertz CT molecular complexity index is 515. The fourth-order valence-corrected chi connectivity index (χ4v) is 3.61. The molecule has 1 aromatic heterocycles. The Kier molecular flexibility index (Phi) is 4.27. The molecule has 0 radical (unpaired) electrons. The van der Waals surface area contributed by atoms with Crippen LogP contribution < -0.4 is 21.7 Å². The van der Waals surface area contributed by atoms with Crippen molar-refractivity contribution in [2.24, 2.45) is 5.73 Å². The molecule has 2 atom stereocenters. The van der Waals surface area contributed by atoms with Crippen LogP contribution in [0.25, 0.3) is 0 Å². The number of carbonyl (C=O) groups excluding carboxylic acids is 1. The predicted octanol–water partition coefficient (Wildman–Crippen LogP) is 0.172. The minimum atomic E-state index is -0.157. The number of rotatable bonds is 3. The highest BCUT2D eigenvalue weighted by Gasteiger charge is 2.26. The van der Waals surface area contributed by atoms with Crippen molar-refractivity contribution in [3.05, 3.63) is 4.88 Å². The lowest BCUT2D eigenvalue weighted by molar-refractivity contribution is 0.0626. The van der Waals surface area contributed by atoms with E-state index < -0.39 is 0 Å². The lowest BCUT2D eigenvalue weighted by Gasteiger charge is -2.22. The highest BCUT2D eigenvalue weighted by atomic mass is 32.1. The Balaban J connectivity index is 1.67. The monoisotopic (exact) mass is 311 g/mol. The molecular weight excluding hydrogens is 290 g/mol. The molecule has 2 aliphatic heterocycles. The predicted molar refractivity (Wildman–Crippen MR) is 82.6 cm³/mol. The lowest BCUT2D eigenvalue weighted by Crippen LogP contribution is -2.40. The molecule has 8 heteroatoms. The van der Waals surface area contributed by atoms with Gasteiger partial charge >= 0.3 is 0 Å². The molecule has 2 aliphatic rings. The number of nitrogens with two attached hydrogens (primary N) is 2. The fourth-order valence-electron chi connectivity index (χ4n) is 2.68. The van der Waals surface area contributed by atoms with Crippen molar-refractivity contribution < 1.29 is 9.53 Å². The number of amides is 1. The first kappa shape index (κ1) is 14.6. The van der Waals surface area contributed by atoms with Crippen molar-refractivity contribution in [2.45, 2.75) is 31.3 Å². The smallest absolute Gasteiger partial charge is 0.265 e. The average Bonchev–Trinajstić information content (AvgIpc) is 3.06. The number of ether oxygens (including phenoxy) is 1. The first-order chi connectivity index (χ1) is 10.1. The van der Waals surface area contributed by atoms with Gasteiger partial charge in [0.15, 0.2) is 5.13 Å². The second-order valence-corrected chi connectivity index (χ2v) is 6.57. The minimum absolute atomic E-state index is 0.0661. The summed E-state index contributed by atoms with van der Waals surface area (Å²) >= 11 is 1.34. The third-order valence-electron chi connectivity index (χ3n) is 3.84. The van der Waals surface area contributed by atoms with Gasteiger partial charge in [0.2, 0.25) is 0 Å². The molecule has 2 saturated heterocycles. The number of aromatic nitrogens is 1. The average molecular weight is 311 g/mol. The summed E-state index contributed by atoms with van der Waals surface area (Å²) in [4.78, 5) is 19.2. The molecule has 3 heterocycles. The number of carbonyl (C=O) groups is 1. The van der Waals surface area contributed by atoms with E-state index >= 15 is 0 Å². The van der Waals surface area contributed by atoms with Gasteiger partial charge < -0.3 is 26.4 Å². The van der Waals surface area contributed by atoms with Crippen molar-refractivity contribution >= 4 is 28.2 Å². The minimum Gasteiger partial charge on any atom is -0.382 e. The number of hydrogen-bond donors (Lipinski definition) is 3. The molecule has 1 amide bonds. The Morgan fingerprint density at radius 3 is 3.00 bits per heavy atom. The van der Waals surface area contributed by atoms with Gasteiger partial charge in [-0.25, -0.2) is 4.98 Å². The number of hydrogen-bond acceptors (Lipinski definition) is 7. The second-order valence-electron chi connectivity index (χ2n) is 5.59. The van der Waals surface area contributed by atoms with Gasteiger partial charge in [-0.3, -0.25) is 4.79 Å². The zero-order chi connectivity index (χ0) is 14.8. The van der Waals surface area contributed by atoms with E-state index in [1.807, 2.05) is 0 Å². The van der Waals surface area contributed by atoms with E-state index in [1.54, 1.807) is 0 Å². The maximum absolute atomic E-state index is 12.3. The van der Waals surface area contributed by atoms with Crippen LogP contribution in [0.15, 0.2) is 0 Å². The molecule has 5 N–H and O–H groups in total. The van der Waals surface area contributed by atoms with Crippen LogP contribution in [0.1, 0.15) is 28.9 Å². The van der Waals surface area contributed by atoms with E-state index in [4.69, 9.17) is 16.2 Å². The first-order valence-corrected chi connectivity index (χ1v) is 8.10. The Morgan fingerprint density at radius 2 is 2.33 bits per heavy atom. The molecular formula is C13H21N5O2S. The summed E-state index contributed by atoms with van der Waals surface area (Å²) in [5, 5.41) is 3.75. The molecule has 21 heavy (non-hydrogen) atoms. The summed E-state index contributed by atoms with van der Waals surface area (Å²) < 4.78 is 5.37. The molecule has 0 saturated carbocycles. The van der Waals surface area contributed by atoms with Gasteiger partial charge in [0.25, 0.3) is 5.91 Å². The third kappa shape index (κ3) is 3.28. The normalized spacial score (nSPS) is 26.0. The molecule has 7 nitrogen and oxygen atoms in total. The van der Waals surface area contributed by atoms with Crippen molar-refractivity contribution in [2.75, 3.05) is 36.9 Å². The molecule has 0 aromatic carbocycles. The summed E-state index contributed by atoms with van der Waals surface area (Å²) in [7, 11) is 0. The third-order valence-corrected chi connectivity index (χ3v) is 4.97. The maximum Gasteiger partial charge on any atom is 0.265 e. The van der Waals surface area contributed by atoms with Crippen LogP contribution >= 0.6 is 11.3 Å². The Labute approximate surface area is 127 Å². The number of anilines is 2. The number of nitrogens with one attached hydrogen (secondary N) is 1. The Morgan fingerprint density at radius 1 is 1.48 bits per heavy atom. The molecule has 2 unspecified atom stereocenters. The van der Waals surface area contributed by atoms with Crippen LogP contribution in [0.5, 0.6) is 0 Å². The molecule has 116 valence electrons. The summed E-state index contributed by atoms with van der Waals surface area (Å²) in [6, 6.07) is 0.239. The molecule has 0 spiro atoms. The van der Waals surface area contributed by atoms with Crippen molar-refractivity contribution in [1.82, 2.24) is 10.3 Å². The van der Waals surface area contributed by atoms with E-state index in [9.17, 15) is 4.79 Å². The lowest BCUT2D eigenvalue weighted by atomic mass is 10.1. The van der Waals surface area contributed by atoms with E-state index in [-0.39, 0.29) is 18.0 Å². The topological polar surface area (TPSA) is 107 Å². The van der Waals surface area contributed by atoms with Gasteiger partial charge in [0.1, 0.15) is 10.7 Å². The van der Waals surface area contributed by atoms with E-state index in [0.717, 1.165) is 44.1 Å². The summed E-state index contributed by atoms with van der Waals surface area (Å²) in [5.74, 6) is 0.139. The van der Waals surface area contributed by atoms with Crippen LogP contribution in [-0.2, 0) is 4.74 Å². The molecule has 0 bridgehead atoms. The van der Waals surface area contributed by atoms with Gasteiger partial charge in [-0.05, 0) is 19.3 Å². The van der Waals surface area contributed by atoms with Crippen LogP contribution in [0.2, 0.25) is 0 Å². The van der Waals surface area contributed by atoms with Crippen molar-refractivity contribution in [3.63, 3.8) is 0 Å². The molecule has 2 fully saturated rings. The SMILES string of the molecule is Nc1nc(N2CCC(N)C2)sc1C(=O)NC1CCCOC1. The van der Waals surface area contributed by atoms with Gasteiger partial charge in [-0.1, -0.05) is 11.3 Å². The van der Waals surface area contributed by atoms with Gasteiger partial charge in [-0.2, -0.15) is 0 Å². The number of thiazole rings is 1. The summed E-state index contributed by atoms with van der Waals surface area (Å²) in [6.07, 6.45) is 2.86. The summed E-state index contributed by atoms with van der Waals surface area (Å²) in [6.45, 7) is 2.98. The Hall–Kier alpha value is -1.38. The van der Waals surface area contributed by atoms with Crippen LogP contribution in [0, 0.1) is 0 Å². The van der Waals surface area contributed by atoms with Crippen LogP contribution in [0.3, 0.4) is 0 Å². The van der Waals surface area contributed by atoms with Crippen LogP contribution in [-0.4, -0.2) is 49.3 Å².